The summed E-state index contributed by atoms with van der Waals surface area (Å²) in [5.74, 6) is 0.770. The van der Waals surface area contributed by atoms with E-state index < -0.39 is 0 Å². The average Bonchev–Trinajstić information content (AvgIpc) is 2.38. The van der Waals surface area contributed by atoms with Gasteiger partial charge >= 0.3 is 0 Å². The number of rotatable bonds is 2. The Labute approximate surface area is 121 Å². The van der Waals surface area contributed by atoms with Gasteiger partial charge in [-0.15, -0.1) is 0 Å². The molecule has 1 aromatic rings. The number of amides is 1. The molecule has 1 aromatic carbocycles. The molecule has 1 aliphatic heterocycles. The van der Waals surface area contributed by atoms with Gasteiger partial charge in [-0.3, -0.25) is 4.79 Å². The van der Waals surface area contributed by atoms with E-state index in [0.29, 0.717) is 21.3 Å². The monoisotopic (exact) mass is 329 g/mol. The molecule has 0 bridgehead atoms. The summed E-state index contributed by atoms with van der Waals surface area (Å²) in [4.78, 5) is 14.7. The first-order valence-electron chi connectivity index (χ1n) is 6.27. The molecule has 98 valence electrons. The lowest BCUT2D eigenvalue weighted by molar-refractivity contribution is 0.0691. The molecule has 1 atom stereocenters. The Morgan fingerprint density at radius 2 is 2.11 bits per heavy atom. The lowest BCUT2D eigenvalue weighted by Crippen LogP contribution is -2.39. The fourth-order valence-electron chi connectivity index (χ4n) is 2.37. The molecule has 1 fully saturated rings. The Kier molecular flexibility index (Phi) is 4.68. The van der Waals surface area contributed by atoms with Gasteiger partial charge in [-0.1, -0.05) is 40.5 Å². The summed E-state index contributed by atoms with van der Waals surface area (Å²) in [6, 6.07) is 7.18. The minimum absolute atomic E-state index is 0.0955. The first kappa shape index (κ1) is 13.9. The summed E-state index contributed by atoms with van der Waals surface area (Å²) < 4.78 is 0. The molecule has 4 heteroatoms. The summed E-state index contributed by atoms with van der Waals surface area (Å²) in [6.07, 6.45) is 2.14. The predicted octanol–water partition coefficient (Wildman–Crippen LogP) is 3.98. The number of hydrogen-bond donors (Lipinski definition) is 0. The van der Waals surface area contributed by atoms with Crippen LogP contribution in [0.1, 0.15) is 30.1 Å². The molecule has 0 radical (unpaired) electrons. The molecule has 0 saturated carbocycles. The number of piperidine rings is 1. The Balaban J connectivity index is 1.99. The van der Waals surface area contributed by atoms with Crippen molar-refractivity contribution in [3.63, 3.8) is 0 Å². The van der Waals surface area contributed by atoms with Crippen molar-refractivity contribution in [1.82, 2.24) is 4.90 Å². The minimum atomic E-state index is 0.0955. The molecule has 0 N–H and O–H groups in total. The topological polar surface area (TPSA) is 20.3 Å². The second-order valence-electron chi connectivity index (χ2n) is 4.82. The van der Waals surface area contributed by atoms with Crippen LogP contribution in [0, 0.1) is 5.92 Å². The zero-order chi connectivity index (χ0) is 13.1. The van der Waals surface area contributed by atoms with Crippen molar-refractivity contribution in [1.29, 1.82) is 0 Å². The van der Waals surface area contributed by atoms with Crippen LogP contribution in [-0.4, -0.2) is 28.7 Å². The smallest absolute Gasteiger partial charge is 0.253 e. The van der Waals surface area contributed by atoms with Crippen LogP contribution in [-0.2, 0) is 0 Å². The molecule has 0 spiro atoms. The molecule has 1 saturated heterocycles. The molecule has 1 unspecified atom stereocenters. The highest BCUT2D eigenvalue weighted by Crippen LogP contribution is 2.26. The van der Waals surface area contributed by atoms with Crippen LogP contribution in [0.25, 0.3) is 0 Å². The SMILES string of the molecule is CC(Br)C1CCN(C(=O)c2cccc(Cl)c2)CC1. The minimum Gasteiger partial charge on any atom is -0.339 e. The number of likely N-dealkylation sites (tertiary alicyclic amines) is 1. The van der Waals surface area contributed by atoms with E-state index in [2.05, 4.69) is 22.9 Å². The van der Waals surface area contributed by atoms with E-state index in [1.54, 1.807) is 12.1 Å². The molecule has 1 heterocycles. The molecular formula is C14H17BrClNO. The van der Waals surface area contributed by atoms with Crippen LogP contribution in [0.2, 0.25) is 5.02 Å². The van der Waals surface area contributed by atoms with Gasteiger partial charge in [0.05, 0.1) is 0 Å². The van der Waals surface area contributed by atoms with Crippen molar-refractivity contribution in [3.8, 4) is 0 Å². The van der Waals surface area contributed by atoms with Gasteiger partial charge in [0, 0.05) is 28.5 Å². The number of carbonyl (C=O) groups is 1. The summed E-state index contributed by atoms with van der Waals surface area (Å²) in [5.41, 5.74) is 0.688. The van der Waals surface area contributed by atoms with E-state index in [9.17, 15) is 4.79 Å². The van der Waals surface area contributed by atoms with Crippen molar-refractivity contribution in [3.05, 3.63) is 34.9 Å². The fourth-order valence-corrected chi connectivity index (χ4v) is 3.08. The van der Waals surface area contributed by atoms with E-state index in [4.69, 9.17) is 11.6 Å². The Bertz CT molecular complexity index is 428. The maximum Gasteiger partial charge on any atom is 0.253 e. The lowest BCUT2D eigenvalue weighted by atomic mass is 9.94. The third-order valence-electron chi connectivity index (χ3n) is 3.55. The highest BCUT2D eigenvalue weighted by molar-refractivity contribution is 9.09. The van der Waals surface area contributed by atoms with Crippen LogP contribution < -0.4 is 0 Å². The number of alkyl halides is 1. The van der Waals surface area contributed by atoms with E-state index in [1.807, 2.05) is 17.0 Å². The van der Waals surface area contributed by atoms with Gasteiger partial charge in [-0.05, 0) is 37.0 Å². The number of hydrogen-bond acceptors (Lipinski definition) is 1. The number of nitrogens with zero attached hydrogens (tertiary/aromatic N) is 1. The van der Waals surface area contributed by atoms with Crippen LogP contribution in [0.5, 0.6) is 0 Å². The highest BCUT2D eigenvalue weighted by Gasteiger charge is 2.25. The second kappa shape index (κ2) is 6.07. The van der Waals surface area contributed by atoms with Gasteiger partial charge in [0.15, 0.2) is 0 Å². The van der Waals surface area contributed by atoms with Crippen molar-refractivity contribution < 1.29 is 4.79 Å². The number of benzene rings is 1. The Morgan fingerprint density at radius 1 is 1.44 bits per heavy atom. The largest absolute Gasteiger partial charge is 0.339 e. The first-order chi connectivity index (χ1) is 8.58. The fraction of sp³-hybridized carbons (Fsp3) is 0.500. The van der Waals surface area contributed by atoms with E-state index in [-0.39, 0.29) is 5.91 Å². The molecule has 1 amide bonds. The van der Waals surface area contributed by atoms with Crippen molar-refractivity contribution in [2.45, 2.75) is 24.6 Å². The molecule has 0 aliphatic carbocycles. The summed E-state index contributed by atoms with van der Waals surface area (Å²) in [6.45, 7) is 3.86. The number of halogens is 2. The van der Waals surface area contributed by atoms with Crippen LogP contribution in [0.15, 0.2) is 24.3 Å². The Hall–Kier alpha value is -0.540. The van der Waals surface area contributed by atoms with Gasteiger partial charge in [-0.25, -0.2) is 0 Å². The van der Waals surface area contributed by atoms with Gasteiger partial charge in [-0.2, -0.15) is 0 Å². The van der Waals surface area contributed by atoms with E-state index in [1.165, 1.54) is 0 Å². The van der Waals surface area contributed by atoms with Crippen LogP contribution in [0.4, 0.5) is 0 Å². The number of carbonyl (C=O) groups excluding carboxylic acids is 1. The third kappa shape index (κ3) is 3.27. The van der Waals surface area contributed by atoms with Crippen molar-refractivity contribution >= 4 is 33.4 Å². The quantitative estimate of drug-likeness (QED) is 0.751. The summed E-state index contributed by atoms with van der Waals surface area (Å²) in [5, 5.41) is 0.616. The van der Waals surface area contributed by atoms with Gasteiger partial charge < -0.3 is 4.90 Å². The maximum atomic E-state index is 12.3. The van der Waals surface area contributed by atoms with Crippen molar-refractivity contribution in [2.24, 2.45) is 5.92 Å². The maximum absolute atomic E-state index is 12.3. The molecule has 0 aromatic heterocycles. The Morgan fingerprint density at radius 3 is 2.67 bits per heavy atom. The van der Waals surface area contributed by atoms with Gasteiger partial charge in [0.2, 0.25) is 0 Å². The molecule has 1 aliphatic rings. The van der Waals surface area contributed by atoms with Crippen LogP contribution in [0.3, 0.4) is 0 Å². The average molecular weight is 331 g/mol. The normalized spacial score (nSPS) is 18.7. The summed E-state index contributed by atoms with van der Waals surface area (Å²) in [7, 11) is 0. The summed E-state index contributed by atoms with van der Waals surface area (Å²) >= 11 is 9.54. The van der Waals surface area contributed by atoms with Gasteiger partial charge in [0.25, 0.3) is 5.91 Å². The van der Waals surface area contributed by atoms with E-state index >= 15 is 0 Å². The zero-order valence-corrected chi connectivity index (χ0v) is 12.7. The van der Waals surface area contributed by atoms with E-state index in [0.717, 1.165) is 25.9 Å². The third-order valence-corrected chi connectivity index (χ3v) is 4.53. The molecule has 18 heavy (non-hydrogen) atoms. The van der Waals surface area contributed by atoms with Crippen molar-refractivity contribution in [2.75, 3.05) is 13.1 Å². The molecule has 2 rings (SSSR count). The lowest BCUT2D eigenvalue weighted by Gasteiger charge is -2.33. The van der Waals surface area contributed by atoms with Gasteiger partial charge in [0.1, 0.15) is 0 Å². The predicted molar refractivity (Wildman–Crippen MR) is 78.5 cm³/mol. The first-order valence-corrected chi connectivity index (χ1v) is 7.56. The standard InChI is InChI=1S/C14H17BrClNO/c1-10(15)11-5-7-17(8-6-11)14(18)12-3-2-4-13(16)9-12/h2-4,9-11H,5-8H2,1H3. The highest BCUT2D eigenvalue weighted by atomic mass is 79.9. The second-order valence-corrected chi connectivity index (χ2v) is 6.70. The van der Waals surface area contributed by atoms with Crippen LogP contribution >= 0.6 is 27.5 Å². The molecule has 2 nitrogen and oxygen atoms in total. The zero-order valence-electron chi connectivity index (χ0n) is 10.4. The molecular weight excluding hydrogens is 314 g/mol.